The number of para-hydroxylation sites is 5. The lowest BCUT2D eigenvalue weighted by Gasteiger charge is -2.31. The van der Waals surface area contributed by atoms with E-state index < -0.39 is 0 Å². The molecule has 0 saturated heterocycles. The summed E-state index contributed by atoms with van der Waals surface area (Å²) < 4.78 is 8.97. The van der Waals surface area contributed by atoms with Gasteiger partial charge in [-0.1, -0.05) is 195 Å². The molecular weight excluding hydrogens is 825 g/mol. The Morgan fingerprint density at radius 1 is 0.456 bits per heavy atom. The van der Waals surface area contributed by atoms with Gasteiger partial charge in [-0.05, 0) is 106 Å². The molecule has 1 atom stereocenters. The molecule has 3 heteroatoms. The number of benzene rings is 10. The van der Waals surface area contributed by atoms with Crippen molar-refractivity contribution in [3.05, 3.63) is 243 Å². The lowest BCUT2D eigenvalue weighted by molar-refractivity contribution is 0.669. The van der Waals surface area contributed by atoms with Gasteiger partial charge in [-0.15, -0.1) is 0 Å². The Morgan fingerprint density at radius 2 is 1.06 bits per heavy atom. The predicted molar refractivity (Wildman–Crippen MR) is 288 cm³/mol. The second-order valence-corrected chi connectivity index (χ2v) is 18.1. The fraction of sp³-hybridized carbons (Fsp3) is 0.0462. The van der Waals surface area contributed by atoms with Gasteiger partial charge in [0.1, 0.15) is 11.2 Å². The van der Waals surface area contributed by atoms with Crippen molar-refractivity contribution in [2.45, 2.75) is 13.3 Å². The van der Waals surface area contributed by atoms with E-state index in [1.54, 1.807) is 0 Å². The molecule has 2 aromatic heterocycles. The fourth-order valence-electron chi connectivity index (χ4n) is 10.9. The Morgan fingerprint density at radius 3 is 1.88 bits per heavy atom. The van der Waals surface area contributed by atoms with E-state index in [1.807, 2.05) is 12.1 Å². The van der Waals surface area contributed by atoms with E-state index in [0.717, 1.165) is 67.7 Å². The zero-order chi connectivity index (χ0) is 45.1. The normalized spacial score (nSPS) is 13.8. The highest BCUT2D eigenvalue weighted by molar-refractivity contribution is 6.16. The van der Waals surface area contributed by atoms with Crippen LogP contribution in [0.1, 0.15) is 13.3 Å². The Bertz CT molecular complexity index is 3970. The van der Waals surface area contributed by atoms with Crippen molar-refractivity contribution in [2.75, 3.05) is 4.90 Å². The van der Waals surface area contributed by atoms with E-state index in [-0.39, 0.29) is 0 Å². The molecule has 0 saturated carbocycles. The molecule has 10 aromatic carbocycles. The fourth-order valence-corrected chi connectivity index (χ4v) is 10.9. The van der Waals surface area contributed by atoms with Crippen LogP contribution in [0.25, 0.3) is 105 Å². The molecule has 13 rings (SSSR count). The number of nitrogens with zero attached hydrogens (tertiary/aromatic N) is 2. The van der Waals surface area contributed by atoms with Crippen LogP contribution >= 0.6 is 0 Å². The van der Waals surface area contributed by atoms with Gasteiger partial charge in [0.25, 0.3) is 0 Å². The minimum absolute atomic E-state index is 0.439. The molecule has 0 aliphatic heterocycles. The van der Waals surface area contributed by atoms with Gasteiger partial charge in [-0.3, -0.25) is 0 Å². The van der Waals surface area contributed by atoms with Crippen LogP contribution in [0.2, 0.25) is 0 Å². The zero-order valence-electron chi connectivity index (χ0n) is 37.7. The van der Waals surface area contributed by atoms with Gasteiger partial charge in [0, 0.05) is 49.6 Å². The van der Waals surface area contributed by atoms with Crippen LogP contribution in [0.15, 0.2) is 247 Å². The summed E-state index contributed by atoms with van der Waals surface area (Å²) in [6.45, 7) is 2.31. The zero-order valence-corrected chi connectivity index (χ0v) is 37.7. The first-order valence-electron chi connectivity index (χ1n) is 23.6. The van der Waals surface area contributed by atoms with Crippen LogP contribution in [0, 0.1) is 5.92 Å². The number of furan rings is 1. The first-order valence-corrected chi connectivity index (χ1v) is 23.6. The van der Waals surface area contributed by atoms with Crippen molar-refractivity contribution < 1.29 is 4.42 Å². The Hall–Kier alpha value is -8.66. The number of fused-ring (bicyclic) bond motifs is 7. The Balaban J connectivity index is 1.07. The molecule has 0 fully saturated rings. The highest BCUT2D eigenvalue weighted by atomic mass is 16.3. The average Bonchev–Trinajstić information content (AvgIpc) is 3.95. The van der Waals surface area contributed by atoms with Crippen LogP contribution in [0.5, 0.6) is 0 Å². The summed E-state index contributed by atoms with van der Waals surface area (Å²) in [5.41, 5.74) is 18.0. The third-order valence-electron chi connectivity index (χ3n) is 13.9. The van der Waals surface area contributed by atoms with Gasteiger partial charge in [0.15, 0.2) is 0 Å². The van der Waals surface area contributed by atoms with E-state index in [9.17, 15) is 0 Å². The quantitative estimate of drug-likeness (QED) is 0.152. The second kappa shape index (κ2) is 16.3. The summed E-state index contributed by atoms with van der Waals surface area (Å²) in [4.78, 5) is 2.49. The van der Waals surface area contributed by atoms with Gasteiger partial charge in [0.05, 0.1) is 22.4 Å². The van der Waals surface area contributed by atoms with E-state index in [4.69, 9.17) is 4.42 Å². The SMILES string of the molecule is CC1C=CC=C(n2c3ccccc3c3cccc(-c4ccccc4N(c4cccc(-c5ccc6c(c5)oc5ccccc56)c4)c4ccccc4-c4cccc5cccc(-c6ccccc6)c45)c32)C1. The van der Waals surface area contributed by atoms with Crippen molar-refractivity contribution in [3.63, 3.8) is 0 Å². The van der Waals surface area contributed by atoms with Gasteiger partial charge in [-0.25, -0.2) is 0 Å². The maximum absolute atomic E-state index is 6.43. The third kappa shape index (κ3) is 6.58. The number of hydrogen-bond acceptors (Lipinski definition) is 2. The summed E-state index contributed by atoms with van der Waals surface area (Å²) in [6.07, 6.45) is 7.81. The lowest BCUT2D eigenvalue weighted by Crippen LogP contribution is -2.13. The molecule has 0 bridgehead atoms. The molecule has 322 valence electrons. The molecule has 3 nitrogen and oxygen atoms in total. The summed E-state index contributed by atoms with van der Waals surface area (Å²) in [6, 6.07) is 81.8. The number of anilines is 3. The second-order valence-electron chi connectivity index (χ2n) is 18.1. The number of aromatic nitrogens is 1. The van der Waals surface area contributed by atoms with E-state index in [2.05, 4.69) is 247 Å². The van der Waals surface area contributed by atoms with E-state index in [1.165, 1.54) is 60.5 Å². The molecule has 12 aromatic rings. The molecule has 0 spiro atoms. The molecule has 1 aliphatic carbocycles. The Labute approximate surface area is 395 Å². The number of hydrogen-bond donors (Lipinski definition) is 0. The summed E-state index contributed by atoms with van der Waals surface area (Å²) in [5, 5.41) is 7.19. The van der Waals surface area contributed by atoms with Crippen LogP contribution in [-0.4, -0.2) is 4.57 Å². The van der Waals surface area contributed by atoms with E-state index in [0.29, 0.717) is 5.92 Å². The molecule has 1 aliphatic rings. The Kier molecular flexibility index (Phi) is 9.54. The molecule has 68 heavy (non-hydrogen) atoms. The molecule has 0 radical (unpaired) electrons. The standard InChI is InChI=1S/C65H46N2O/c1-43-18-13-24-48(40-43)67-61-36-11-7-28-53(61)58-33-17-32-57(65(58)67)52-27-6-10-35-60(52)66(49-25-14-23-46(41-49)47-38-39-55-54-29-8-12-37-62(54)68-63(55)42-47)59-34-9-5-26-51(59)56-31-16-22-45-21-15-30-50(64(45)56)44-19-3-2-4-20-44/h2-39,41-43H,40H2,1H3. The van der Waals surface area contributed by atoms with Gasteiger partial charge < -0.3 is 13.9 Å². The van der Waals surface area contributed by atoms with Crippen molar-refractivity contribution in [3.8, 4) is 44.5 Å². The third-order valence-corrected chi connectivity index (χ3v) is 13.9. The summed E-state index contributed by atoms with van der Waals surface area (Å²) in [7, 11) is 0. The average molecular weight is 871 g/mol. The van der Waals surface area contributed by atoms with Crippen LogP contribution in [-0.2, 0) is 0 Å². The smallest absolute Gasteiger partial charge is 0.136 e. The van der Waals surface area contributed by atoms with Crippen LogP contribution in [0.3, 0.4) is 0 Å². The monoisotopic (exact) mass is 870 g/mol. The van der Waals surface area contributed by atoms with Gasteiger partial charge in [0.2, 0.25) is 0 Å². The van der Waals surface area contributed by atoms with Crippen LogP contribution < -0.4 is 4.90 Å². The molecule has 1 unspecified atom stereocenters. The van der Waals surface area contributed by atoms with Crippen molar-refractivity contribution in [1.82, 2.24) is 4.57 Å². The maximum Gasteiger partial charge on any atom is 0.136 e. The van der Waals surface area contributed by atoms with Crippen molar-refractivity contribution in [2.24, 2.45) is 5.92 Å². The molecule has 0 N–H and O–H groups in total. The minimum atomic E-state index is 0.439. The van der Waals surface area contributed by atoms with Gasteiger partial charge >= 0.3 is 0 Å². The van der Waals surface area contributed by atoms with Crippen molar-refractivity contribution in [1.29, 1.82) is 0 Å². The predicted octanol–water partition coefficient (Wildman–Crippen LogP) is 18.4. The number of rotatable bonds is 8. The van der Waals surface area contributed by atoms with Gasteiger partial charge in [-0.2, -0.15) is 0 Å². The molecule has 0 amide bonds. The first-order chi connectivity index (χ1) is 33.7. The van der Waals surface area contributed by atoms with Crippen molar-refractivity contribution >= 4 is 77.3 Å². The van der Waals surface area contributed by atoms with E-state index >= 15 is 0 Å². The van der Waals surface area contributed by atoms with Crippen LogP contribution in [0.4, 0.5) is 17.1 Å². The lowest BCUT2D eigenvalue weighted by atomic mass is 9.90. The largest absolute Gasteiger partial charge is 0.456 e. The minimum Gasteiger partial charge on any atom is -0.456 e. The summed E-state index contributed by atoms with van der Waals surface area (Å²) >= 11 is 0. The highest BCUT2D eigenvalue weighted by Gasteiger charge is 2.25. The number of allylic oxidation sites excluding steroid dienone is 4. The molecule has 2 heterocycles. The summed E-state index contributed by atoms with van der Waals surface area (Å²) in [5.74, 6) is 0.439. The first kappa shape index (κ1) is 39.7. The topological polar surface area (TPSA) is 21.3 Å². The maximum atomic E-state index is 6.43. The molecular formula is C65H46N2O. The highest BCUT2D eigenvalue weighted by Crippen LogP contribution is 2.49.